The number of anilines is 1. The minimum atomic E-state index is -4.22. The number of amidine groups is 1. The molecule has 0 unspecified atom stereocenters. The topological polar surface area (TPSA) is 127 Å². The van der Waals surface area contributed by atoms with Crippen LogP contribution in [0.5, 0.6) is 5.75 Å². The number of sulfonamides is 1. The van der Waals surface area contributed by atoms with Crippen molar-refractivity contribution in [3.63, 3.8) is 0 Å². The van der Waals surface area contributed by atoms with E-state index in [4.69, 9.17) is 19.0 Å². The summed E-state index contributed by atoms with van der Waals surface area (Å²) >= 11 is 0. The lowest BCUT2D eigenvalue weighted by Crippen LogP contribution is -2.40. The Morgan fingerprint density at radius 3 is 2.56 bits per heavy atom. The molecule has 1 fully saturated rings. The largest absolute Gasteiger partial charge is 0.493 e. The molecule has 0 N–H and O–H groups in total. The number of hydrogen-bond donors (Lipinski definition) is 0. The maximum atomic E-state index is 14.2. The molecule has 3 aromatic rings. The zero-order chi connectivity index (χ0) is 32.2. The molecule has 1 saturated carbocycles. The number of aliphatic imine (C=N–C) groups is 1. The van der Waals surface area contributed by atoms with Gasteiger partial charge in [0.1, 0.15) is 28.8 Å². The van der Waals surface area contributed by atoms with Crippen LogP contribution >= 0.6 is 0 Å². The number of carbonyl (C=O) groups is 1. The van der Waals surface area contributed by atoms with Gasteiger partial charge in [0, 0.05) is 30.9 Å². The summed E-state index contributed by atoms with van der Waals surface area (Å²) in [6.07, 6.45) is 8.68. The van der Waals surface area contributed by atoms with E-state index in [1.807, 2.05) is 30.0 Å². The highest BCUT2D eigenvalue weighted by Crippen LogP contribution is 2.41. The van der Waals surface area contributed by atoms with Gasteiger partial charge in [-0.25, -0.2) is 12.7 Å². The quantitative estimate of drug-likeness (QED) is 0.192. The van der Waals surface area contributed by atoms with Crippen LogP contribution in [0.15, 0.2) is 50.9 Å². The van der Waals surface area contributed by atoms with Crippen LogP contribution < -0.4 is 9.04 Å². The average molecular weight is 638 g/mol. The number of aromatic nitrogens is 2. The SMILES string of the molecule is CCCCC1=NC2(CCCC2)C(=O)N1Cc1ccc(-c2ncccc2S(=O)(=O)N(COC)c2onc(C)c2C)c(OCCC)c1. The van der Waals surface area contributed by atoms with Gasteiger partial charge in [-0.05, 0) is 69.4 Å². The van der Waals surface area contributed by atoms with Crippen LogP contribution in [0.1, 0.15) is 82.0 Å². The van der Waals surface area contributed by atoms with Crippen molar-refractivity contribution < 1.29 is 27.2 Å². The minimum absolute atomic E-state index is 0.0310. The van der Waals surface area contributed by atoms with Crippen molar-refractivity contribution in [1.82, 2.24) is 15.0 Å². The molecule has 45 heavy (non-hydrogen) atoms. The van der Waals surface area contributed by atoms with Crippen LogP contribution in [0, 0.1) is 13.8 Å². The van der Waals surface area contributed by atoms with Crippen molar-refractivity contribution in [2.45, 2.75) is 96.0 Å². The lowest BCUT2D eigenvalue weighted by Gasteiger charge is -2.24. The zero-order valence-electron chi connectivity index (χ0n) is 26.8. The summed E-state index contributed by atoms with van der Waals surface area (Å²) < 4.78 is 46.4. The molecule has 242 valence electrons. The molecule has 0 atom stereocenters. The third-order valence-electron chi connectivity index (χ3n) is 8.53. The van der Waals surface area contributed by atoms with E-state index >= 15 is 0 Å². The first-order valence-electron chi connectivity index (χ1n) is 15.7. The van der Waals surface area contributed by atoms with Crippen LogP contribution in [0.25, 0.3) is 11.3 Å². The molecule has 12 heteroatoms. The van der Waals surface area contributed by atoms with Crippen LogP contribution in [0.3, 0.4) is 0 Å². The Kier molecular flexibility index (Phi) is 9.93. The van der Waals surface area contributed by atoms with Gasteiger partial charge in [0.05, 0.1) is 24.5 Å². The lowest BCUT2D eigenvalue weighted by molar-refractivity contribution is -0.131. The third-order valence-corrected chi connectivity index (χ3v) is 10.3. The molecule has 11 nitrogen and oxygen atoms in total. The van der Waals surface area contributed by atoms with Crippen molar-refractivity contribution in [1.29, 1.82) is 0 Å². The zero-order valence-corrected chi connectivity index (χ0v) is 27.7. The number of rotatable bonds is 14. The highest BCUT2D eigenvalue weighted by Gasteiger charge is 2.49. The number of methoxy groups -OCH3 is 1. The summed E-state index contributed by atoms with van der Waals surface area (Å²) in [4.78, 5) is 25.1. The Balaban J connectivity index is 1.53. The molecule has 1 aromatic carbocycles. The minimum Gasteiger partial charge on any atom is -0.493 e. The molecule has 0 saturated heterocycles. The van der Waals surface area contributed by atoms with Crippen LogP contribution in [0.2, 0.25) is 0 Å². The molecule has 1 spiro atoms. The van der Waals surface area contributed by atoms with Crippen molar-refractivity contribution in [3.8, 4) is 17.0 Å². The first kappa shape index (κ1) is 32.6. The van der Waals surface area contributed by atoms with Crippen LogP contribution in [-0.4, -0.2) is 61.2 Å². The number of pyridine rings is 1. The van der Waals surface area contributed by atoms with Gasteiger partial charge in [0.15, 0.2) is 0 Å². The fourth-order valence-electron chi connectivity index (χ4n) is 5.98. The first-order chi connectivity index (χ1) is 21.7. The van der Waals surface area contributed by atoms with Crippen LogP contribution in [-0.2, 0) is 26.1 Å². The van der Waals surface area contributed by atoms with Gasteiger partial charge in [-0.15, -0.1) is 0 Å². The summed E-state index contributed by atoms with van der Waals surface area (Å²) in [6, 6.07) is 8.70. The van der Waals surface area contributed by atoms with E-state index in [-0.39, 0.29) is 29.1 Å². The predicted molar refractivity (Wildman–Crippen MR) is 172 cm³/mol. The first-order valence-corrected chi connectivity index (χ1v) is 17.2. The van der Waals surface area contributed by atoms with Crippen molar-refractivity contribution in [3.05, 3.63) is 53.3 Å². The number of aryl methyl sites for hydroxylation is 1. The maximum Gasteiger partial charge on any atom is 0.270 e. The number of ether oxygens (including phenoxy) is 2. The second-order valence-electron chi connectivity index (χ2n) is 11.8. The summed E-state index contributed by atoms with van der Waals surface area (Å²) in [5, 5.41) is 3.95. The second-order valence-corrected chi connectivity index (χ2v) is 13.6. The fourth-order valence-corrected chi connectivity index (χ4v) is 7.51. The van der Waals surface area contributed by atoms with Crippen molar-refractivity contribution >= 4 is 27.7 Å². The lowest BCUT2D eigenvalue weighted by atomic mass is 9.98. The number of nitrogens with zero attached hydrogens (tertiary/aromatic N) is 5. The van der Waals surface area contributed by atoms with E-state index in [1.54, 1.807) is 26.1 Å². The molecule has 3 heterocycles. The normalized spacial score (nSPS) is 16.1. The predicted octanol–water partition coefficient (Wildman–Crippen LogP) is 6.19. The third kappa shape index (κ3) is 6.35. The van der Waals surface area contributed by atoms with E-state index in [0.717, 1.165) is 67.1 Å². The summed E-state index contributed by atoms with van der Waals surface area (Å²) in [7, 11) is -2.80. The monoisotopic (exact) mass is 637 g/mol. The second kappa shape index (κ2) is 13.7. The van der Waals surface area contributed by atoms with Crippen molar-refractivity contribution in [2.24, 2.45) is 4.99 Å². The molecular formula is C33H43N5O6S. The number of unbranched alkanes of at least 4 members (excludes halogenated alkanes) is 1. The van der Waals surface area contributed by atoms with Gasteiger partial charge in [-0.3, -0.25) is 19.7 Å². The molecule has 1 aliphatic heterocycles. The van der Waals surface area contributed by atoms with Gasteiger partial charge in [-0.2, -0.15) is 0 Å². The van der Waals surface area contributed by atoms with E-state index in [9.17, 15) is 13.2 Å². The summed E-state index contributed by atoms with van der Waals surface area (Å²) in [5.41, 5.74) is 2.18. The molecule has 1 amide bonds. The molecule has 5 rings (SSSR count). The smallest absolute Gasteiger partial charge is 0.270 e. The molecular weight excluding hydrogens is 594 g/mol. The Bertz CT molecular complexity index is 1660. The van der Waals surface area contributed by atoms with E-state index in [0.29, 0.717) is 35.7 Å². The number of hydrogen-bond acceptors (Lipinski definition) is 9. The summed E-state index contributed by atoms with van der Waals surface area (Å²) in [6.45, 7) is 8.14. The molecule has 0 radical (unpaired) electrons. The average Bonchev–Trinajstić information content (AvgIpc) is 3.72. The van der Waals surface area contributed by atoms with Gasteiger partial charge in [0.2, 0.25) is 5.88 Å². The highest BCUT2D eigenvalue weighted by atomic mass is 32.2. The van der Waals surface area contributed by atoms with Crippen molar-refractivity contribution in [2.75, 3.05) is 24.8 Å². The van der Waals surface area contributed by atoms with Gasteiger partial charge in [0.25, 0.3) is 15.9 Å². The Labute approximate surface area is 265 Å². The van der Waals surface area contributed by atoms with E-state index in [2.05, 4.69) is 17.1 Å². The van der Waals surface area contributed by atoms with Gasteiger partial charge in [-0.1, -0.05) is 44.3 Å². The molecule has 2 aromatic heterocycles. The van der Waals surface area contributed by atoms with Gasteiger partial charge < -0.3 is 14.0 Å². The van der Waals surface area contributed by atoms with E-state index in [1.165, 1.54) is 13.2 Å². The molecule has 2 aliphatic rings. The molecule has 0 bridgehead atoms. The highest BCUT2D eigenvalue weighted by molar-refractivity contribution is 7.93. The molecule has 1 aliphatic carbocycles. The van der Waals surface area contributed by atoms with E-state index < -0.39 is 15.6 Å². The van der Waals surface area contributed by atoms with Crippen LogP contribution in [0.4, 0.5) is 5.88 Å². The Morgan fingerprint density at radius 1 is 1.11 bits per heavy atom. The number of benzene rings is 1. The Morgan fingerprint density at radius 2 is 1.89 bits per heavy atom. The number of carbonyl (C=O) groups excluding carboxylic acids is 1. The fraction of sp³-hybridized carbons (Fsp3) is 0.515. The summed E-state index contributed by atoms with van der Waals surface area (Å²) in [5.74, 6) is 1.51. The number of amides is 1. The maximum absolute atomic E-state index is 14.2. The standard InChI is InChI=1S/C33H43N5O6S/c1-6-8-13-29-35-33(16-9-10-17-33)32(39)37(29)21-25-14-15-26(27(20-25)43-19-7-2)30-28(12-11-18-34-30)45(40,41)38(22-42-5)31-23(3)24(4)36-44-31/h11-12,14-15,18,20H,6-10,13,16-17,19,21-22H2,1-5H3. The Hall–Kier alpha value is -3.77. The van der Waals surface area contributed by atoms with Gasteiger partial charge >= 0.3 is 0 Å².